The van der Waals surface area contributed by atoms with Crippen LogP contribution in [-0.2, 0) is 52.8 Å². The van der Waals surface area contributed by atoms with Gasteiger partial charge in [0.2, 0.25) is 11.8 Å². The topological polar surface area (TPSA) is 185 Å². The maximum absolute atomic E-state index is 14.7. The number of nitrogens with one attached hydrogen (secondary N) is 2. The van der Waals surface area contributed by atoms with Crippen LogP contribution in [0.25, 0.3) is 33.5 Å². The number of pyridine rings is 1. The van der Waals surface area contributed by atoms with E-state index >= 15 is 0 Å². The van der Waals surface area contributed by atoms with Gasteiger partial charge in [0.25, 0.3) is 11.8 Å². The number of fused-ring (bicyclic) bond motifs is 6. The lowest BCUT2D eigenvalue weighted by atomic mass is 9.84. The van der Waals surface area contributed by atoms with Crippen LogP contribution in [0, 0.1) is 29.1 Å². The molecule has 4 amide bonds. The molecule has 70 heavy (non-hydrogen) atoms. The third-order valence-corrected chi connectivity index (χ3v) is 14.2. The van der Waals surface area contributed by atoms with Crippen LogP contribution in [0.5, 0.6) is 0 Å². The van der Waals surface area contributed by atoms with E-state index in [0.717, 1.165) is 39.0 Å². The molecule has 0 saturated carbocycles. The fourth-order valence-corrected chi connectivity index (χ4v) is 9.71. The Labute approximate surface area is 412 Å². The molecule has 6 heterocycles. The number of rotatable bonds is 10. The number of amides is 4. The van der Waals surface area contributed by atoms with E-state index in [2.05, 4.69) is 71.1 Å². The van der Waals surface area contributed by atoms with Crippen molar-refractivity contribution in [2.75, 3.05) is 54.5 Å². The summed E-state index contributed by atoms with van der Waals surface area (Å²) in [6.45, 7) is 17.4. The van der Waals surface area contributed by atoms with Crippen molar-refractivity contribution in [3.8, 4) is 34.4 Å². The van der Waals surface area contributed by atoms with Gasteiger partial charge in [-0.3, -0.25) is 38.9 Å². The maximum atomic E-state index is 14.7. The molecule has 0 aliphatic carbocycles. The van der Waals surface area contributed by atoms with Crippen LogP contribution in [-0.4, -0.2) is 142 Å². The van der Waals surface area contributed by atoms with Gasteiger partial charge in [-0.1, -0.05) is 33.6 Å². The Morgan fingerprint density at radius 2 is 1.83 bits per heavy atom. The zero-order valence-corrected chi connectivity index (χ0v) is 43.0. The molecule has 3 aliphatic rings. The molecule has 3 aliphatic heterocycles. The molecule has 5 atom stereocenters. The van der Waals surface area contributed by atoms with Crippen LogP contribution < -0.4 is 10.7 Å². The molecule has 0 unspecified atom stereocenters. The van der Waals surface area contributed by atoms with Crippen molar-refractivity contribution < 1.29 is 37.9 Å². The van der Waals surface area contributed by atoms with E-state index in [1.165, 1.54) is 9.91 Å². The van der Waals surface area contributed by atoms with Gasteiger partial charge in [0.15, 0.2) is 11.7 Å². The van der Waals surface area contributed by atoms with Crippen molar-refractivity contribution in [2.45, 2.75) is 124 Å². The summed E-state index contributed by atoms with van der Waals surface area (Å²) in [5.41, 5.74) is 7.66. The highest BCUT2D eigenvalue weighted by Gasteiger charge is 2.41. The summed E-state index contributed by atoms with van der Waals surface area (Å²) >= 11 is 0. The second-order valence-corrected chi connectivity index (χ2v) is 20.8. The van der Waals surface area contributed by atoms with Crippen molar-refractivity contribution in [1.29, 1.82) is 0 Å². The maximum Gasteiger partial charge on any atom is 0.324 e. The van der Waals surface area contributed by atoms with Crippen molar-refractivity contribution >= 4 is 40.5 Å². The van der Waals surface area contributed by atoms with Crippen molar-refractivity contribution in [2.24, 2.45) is 17.3 Å². The first-order chi connectivity index (χ1) is 33.1. The lowest BCUT2D eigenvalue weighted by Crippen LogP contribution is -2.62. The molecule has 0 spiro atoms. The van der Waals surface area contributed by atoms with Crippen LogP contribution >= 0.6 is 0 Å². The van der Waals surface area contributed by atoms with E-state index in [0.29, 0.717) is 44.5 Å². The summed E-state index contributed by atoms with van der Waals surface area (Å²) in [5.74, 6) is 3.43. The number of esters is 1. The molecule has 2 fully saturated rings. The van der Waals surface area contributed by atoms with Crippen molar-refractivity contribution in [3.05, 3.63) is 59.9 Å². The Balaban J connectivity index is 1.21. The molecular weight excluding hydrogens is 891 g/mol. The van der Waals surface area contributed by atoms with E-state index in [9.17, 15) is 24.0 Å². The number of carbonyl (C=O) groups is 5. The highest BCUT2D eigenvalue weighted by Crippen LogP contribution is 2.42. The van der Waals surface area contributed by atoms with Crippen LogP contribution in [0.2, 0.25) is 0 Å². The number of likely N-dealkylation sites (N-methyl/N-ethyl adjacent to an activating group) is 1. The van der Waals surface area contributed by atoms with Crippen LogP contribution in [0.3, 0.4) is 0 Å². The third-order valence-electron chi connectivity index (χ3n) is 14.2. The second-order valence-electron chi connectivity index (χ2n) is 20.8. The van der Waals surface area contributed by atoms with E-state index in [4.69, 9.17) is 18.9 Å². The number of hydrogen-bond acceptors (Lipinski definition) is 12. The lowest BCUT2D eigenvalue weighted by Gasteiger charge is -2.36. The Morgan fingerprint density at radius 3 is 2.53 bits per heavy atom. The quantitative estimate of drug-likeness (QED) is 0.153. The number of hydrazine groups is 1. The Hall–Kier alpha value is -6.09. The minimum absolute atomic E-state index is 0.107. The van der Waals surface area contributed by atoms with Crippen LogP contribution in [0.1, 0.15) is 97.9 Å². The van der Waals surface area contributed by atoms with Gasteiger partial charge < -0.3 is 33.6 Å². The van der Waals surface area contributed by atoms with Gasteiger partial charge in [0.1, 0.15) is 18.1 Å². The van der Waals surface area contributed by atoms with Crippen LogP contribution in [0.15, 0.2) is 47.1 Å². The van der Waals surface area contributed by atoms with Gasteiger partial charge in [0, 0.05) is 74.0 Å². The van der Waals surface area contributed by atoms with Crippen LogP contribution in [0.4, 0.5) is 0 Å². The fourth-order valence-electron chi connectivity index (χ4n) is 9.71. The predicted molar refractivity (Wildman–Crippen MR) is 265 cm³/mol. The van der Waals surface area contributed by atoms with Gasteiger partial charge in [0.05, 0.1) is 48.2 Å². The van der Waals surface area contributed by atoms with Gasteiger partial charge >= 0.3 is 5.97 Å². The van der Waals surface area contributed by atoms with Gasteiger partial charge in [-0.15, -0.1) is 0 Å². The Morgan fingerprint density at radius 1 is 1.07 bits per heavy atom. The number of nitrogens with zero attached hydrogens (tertiary/aromatic N) is 7. The minimum atomic E-state index is -1.20. The number of oxazole rings is 1. The largest absolute Gasteiger partial charge is 0.464 e. The number of cyclic esters (lactones) is 1. The predicted octanol–water partition coefficient (Wildman–Crippen LogP) is 5.41. The summed E-state index contributed by atoms with van der Waals surface area (Å²) in [7, 11) is 7.05. The SMILES string of the molecule is CCn1c(-c2cccnc2[C@H](C)OC)c2c3cc(ccc31)-c1cnc(o1)C[C@H](NC(=O)[C@H](C(C)C)N(C)C(=O)[C@H]1CCN(C(=O)C#CC(C)(C)N(C)C)C1)C(=O)N1CCC[C@H](N1)C(=O)OCC(C)(C)C2. The van der Waals surface area contributed by atoms with E-state index in [-0.39, 0.29) is 55.8 Å². The normalized spacial score (nSPS) is 20.7. The number of ether oxygens (including phenoxy) is 2. The Bertz CT molecular complexity index is 2670. The summed E-state index contributed by atoms with van der Waals surface area (Å²) in [6, 6.07) is 7.17. The smallest absolute Gasteiger partial charge is 0.324 e. The molecule has 6 bridgehead atoms. The average Bonchev–Trinajstić information content (AvgIpc) is 4.09. The van der Waals surface area contributed by atoms with E-state index in [1.807, 2.05) is 65.7 Å². The van der Waals surface area contributed by atoms with Crippen molar-refractivity contribution in [3.63, 3.8) is 0 Å². The first kappa shape index (κ1) is 51.8. The third kappa shape index (κ3) is 10.9. The molecule has 1 aromatic carbocycles. The molecule has 4 aromatic rings. The molecule has 376 valence electrons. The van der Waals surface area contributed by atoms with Crippen molar-refractivity contribution in [1.82, 2.24) is 45.0 Å². The molecule has 3 aromatic heterocycles. The monoisotopic (exact) mass is 962 g/mol. The highest BCUT2D eigenvalue weighted by atomic mass is 16.5. The first-order valence-corrected chi connectivity index (χ1v) is 24.5. The average molecular weight is 962 g/mol. The van der Waals surface area contributed by atoms with Gasteiger partial charge in [-0.2, -0.15) is 0 Å². The first-order valence-electron chi connectivity index (χ1n) is 24.5. The molecular formula is C53H71N9O8. The number of methoxy groups -OCH3 is 1. The number of likely N-dealkylation sites (tertiary alicyclic amines) is 1. The fraction of sp³-hybridized carbons (Fsp3) is 0.566. The number of carbonyl (C=O) groups excluding carboxylic acids is 5. The van der Waals surface area contributed by atoms with E-state index in [1.54, 1.807) is 31.5 Å². The molecule has 17 nitrogen and oxygen atoms in total. The summed E-state index contributed by atoms with van der Waals surface area (Å²) in [4.78, 5) is 84.7. The summed E-state index contributed by atoms with van der Waals surface area (Å²) in [6.07, 6.45) is 4.92. The standard InChI is InChI=1S/C53H71N9O8/c1-13-61-41-19-18-34-26-37(41)38(47(61)36-16-14-23-54-45(36)33(4)68-12)28-52(5,6)31-69-51(67)39-17-15-24-62(57-39)50(66)40(27-43-55-29-42(34)70-43)56-48(64)46(32(2)3)59(11)49(65)35-21-25-60(30-35)44(63)20-22-53(7,8)58(9)10/h14,16,18-19,23,26,29,32-33,35,39-40,46,57H,13,15,17,21,24-25,27-28,30-31H2,1-12H3,(H,56,64)/t33-,35-,39-,40-,46-/m0/s1. The zero-order valence-electron chi connectivity index (χ0n) is 43.0. The molecule has 0 radical (unpaired) electrons. The summed E-state index contributed by atoms with van der Waals surface area (Å²) in [5, 5.41) is 5.33. The Kier molecular flexibility index (Phi) is 15.6. The van der Waals surface area contributed by atoms with E-state index < -0.39 is 52.8 Å². The molecule has 7 rings (SSSR count). The number of hydrogen-bond donors (Lipinski definition) is 2. The summed E-state index contributed by atoms with van der Waals surface area (Å²) < 4.78 is 20.7. The lowest BCUT2D eigenvalue weighted by molar-refractivity contribution is -0.155. The number of aryl methyl sites for hydroxylation is 1. The molecule has 2 N–H and O–H groups in total. The number of aromatic nitrogens is 3. The molecule has 2 saturated heterocycles. The van der Waals surface area contributed by atoms with Gasteiger partial charge in [-0.05, 0) is 115 Å². The van der Waals surface area contributed by atoms with Gasteiger partial charge in [-0.25, -0.2) is 10.4 Å². The minimum Gasteiger partial charge on any atom is -0.464 e. The highest BCUT2D eigenvalue weighted by molar-refractivity contribution is 5.97. The zero-order chi connectivity index (χ0) is 50.8. The molecule has 17 heteroatoms. The second kappa shape index (κ2) is 21.1. The number of benzene rings is 1.